The average molecular weight is 257 g/mol. The fraction of sp³-hybridized carbons (Fsp3) is 0.250. The van der Waals surface area contributed by atoms with Gasteiger partial charge in [-0.05, 0) is 60.7 Å². The second-order valence-electron chi connectivity index (χ2n) is 5.08. The van der Waals surface area contributed by atoms with Crippen LogP contribution in [0.25, 0.3) is 0 Å². The third kappa shape index (κ3) is 2.28. The molecule has 3 heteroatoms. The van der Waals surface area contributed by atoms with Crippen LogP contribution < -0.4 is 5.32 Å². The van der Waals surface area contributed by atoms with Gasteiger partial charge in [0.2, 0.25) is 0 Å². The number of hydrogen-bond acceptors (Lipinski definition) is 2. The normalized spacial score (nSPS) is 17.3. The summed E-state index contributed by atoms with van der Waals surface area (Å²) < 4.78 is 13.5. The molecule has 0 saturated heterocycles. The highest BCUT2D eigenvalue weighted by molar-refractivity contribution is 5.50. The number of hydrogen-bond donors (Lipinski definition) is 2. The number of phenolic OH excluding ortho intramolecular Hbond substituents is 1. The first-order valence-corrected chi connectivity index (χ1v) is 6.48. The van der Waals surface area contributed by atoms with E-state index in [1.54, 1.807) is 19.1 Å². The molecule has 2 N–H and O–H groups in total. The highest BCUT2D eigenvalue weighted by atomic mass is 19.1. The highest BCUT2D eigenvalue weighted by Gasteiger charge is 2.22. The third-order valence-electron chi connectivity index (χ3n) is 3.72. The first kappa shape index (κ1) is 12.0. The van der Waals surface area contributed by atoms with Gasteiger partial charge in [0.1, 0.15) is 11.6 Å². The van der Waals surface area contributed by atoms with E-state index in [1.165, 1.54) is 17.2 Å². The quantitative estimate of drug-likeness (QED) is 0.854. The third-order valence-corrected chi connectivity index (χ3v) is 3.72. The van der Waals surface area contributed by atoms with Crippen LogP contribution in [0.2, 0.25) is 0 Å². The summed E-state index contributed by atoms with van der Waals surface area (Å²) in [5.74, 6) is 0.120. The topological polar surface area (TPSA) is 32.3 Å². The molecule has 19 heavy (non-hydrogen) atoms. The van der Waals surface area contributed by atoms with E-state index in [0.717, 1.165) is 18.5 Å². The standard InChI is InChI=1S/C16H16FNO/c1-10-2-4-12(9-15(10)17)18-16-7-3-11-8-13(19)5-6-14(11)16/h2,4-6,8-9,16,18-19H,3,7H2,1H3. The van der Waals surface area contributed by atoms with Gasteiger partial charge in [-0.1, -0.05) is 12.1 Å². The molecule has 1 aliphatic rings. The summed E-state index contributed by atoms with van der Waals surface area (Å²) in [4.78, 5) is 0. The van der Waals surface area contributed by atoms with E-state index in [-0.39, 0.29) is 11.9 Å². The number of fused-ring (bicyclic) bond motifs is 1. The van der Waals surface area contributed by atoms with Gasteiger partial charge in [-0.15, -0.1) is 0 Å². The van der Waals surface area contributed by atoms with Gasteiger partial charge in [-0.3, -0.25) is 0 Å². The lowest BCUT2D eigenvalue weighted by molar-refractivity contribution is 0.474. The lowest BCUT2D eigenvalue weighted by Crippen LogP contribution is -2.07. The zero-order chi connectivity index (χ0) is 13.4. The molecule has 0 heterocycles. The van der Waals surface area contributed by atoms with E-state index in [9.17, 15) is 9.50 Å². The minimum absolute atomic E-state index is 0.186. The maximum Gasteiger partial charge on any atom is 0.128 e. The Kier molecular flexibility index (Phi) is 2.90. The van der Waals surface area contributed by atoms with Crippen molar-refractivity contribution in [3.8, 4) is 5.75 Å². The van der Waals surface area contributed by atoms with Crippen molar-refractivity contribution in [2.45, 2.75) is 25.8 Å². The largest absolute Gasteiger partial charge is 0.508 e. The lowest BCUT2D eigenvalue weighted by Gasteiger charge is -2.16. The SMILES string of the molecule is Cc1ccc(NC2CCc3cc(O)ccc32)cc1F. The molecule has 3 rings (SSSR count). The van der Waals surface area contributed by atoms with E-state index in [4.69, 9.17) is 0 Å². The van der Waals surface area contributed by atoms with Crippen molar-refractivity contribution in [1.29, 1.82) is 0 Å². The molecule has 0 fully saturated rings. The minimum atomic E-state index is -0.186. The fourth-order valence-electron chi connectivity index (χ4n) is 2.64. The van der Waals surface area contributed by atoms with E-state index in [1.807, 2.05) is 18.2 Å². The summed E-state index contributed by atoms with van der Waals surface area (Å²) in [6.45, 7) is 1.76. The van der Waals surface area contributed by atoms with Gasteiger partial charge in [-0.2, -0.15) is 0 Å². The van der Waals surface area contributed by atoms with Gasteiger partial charge in [-0.25, -0.2) is 4.39 Å². The smallest absolute Gasteiger partial charge is 0.128 e. The number of halogens is 1. The molecule has 0 aliphatic heterocycles. The number of benzene rings is 2. The first-order valence-electron chi connectivity index (χ1n) is 6.48. The van der Waals surface area contributed by atoms with Crippen molar-refractivity contribution in [3.05, 3.63) is 58.9 Å². The Morgan fingerprint density at radius 1 is 1.21 bits per heavy atom. The van der Waals surface area contributed by atoms with Crippen LogP contribution in [0.15, 0.2) is 36.4 Å². The van der Waals surface area contributed by atoms with E-state index >= 15 is 0 Å². The molecular formula is C16H16FNO. The summed E-state index contributed by atoms with van der Waals surface area (Å²) in [5, 5.41) is 12.8. The Labute approximate surface area is 111 Å². The molecule has 0 radical (unpaired) electrons. The zero-order valence-electron chi connectivity index (χ0n) is 10.8. The summed E-state index contributed by atoms with van der Waals surface area (Å²) in [5.41, 5.74) is 3.82. The molecular weight excluding hydrogens is 241 g/mol. The Balaban J connectivity index is 1.84. The monoisotopic (exact) mass is 257 g/mol. The van der Waals surface area contributed by atoms with Crippen LogP contribution in [0.5, 0.6) is 5.75 Å². The molecule has 1 aliphatic carbocycles. The summed E-state index contributed by atoms with van der Waals surface area (Å²) >= 11 is 0. The lowest BCUT2D eigenvalue weighted by atomic mass is 10.1. The van der Waals surface area contributed by atoms with Crippen LogP contribution in [0.4, 0.5) is 10.1 Å². The molecule has 0 spiro atoms. The van der Waals surface area contributed by atoms with Crippen LogP contribution in [0, 0.1) is 12.7 Å². The molecule has 0 saturated carbocycles. The molecule has 2 aromatic carbocycles. The van der Waals surface area contributed by atoms with Crippen molar-refractivity contribution >= 4 is 5.69 Å². The summed E-state index contributed by atoms with van der Waals surface area (Å²) in [6.07, 6.45) is 1.91. The number of phenols is 1. The van der Waals surface area contributed by atoms with E-state index in [2.05, 4.69) is 5.32 Å². The van der Waals surface area contributed by atoms with E-state index < -0.39 is 0 Å². The molecule has 2 nitrogen and oxygen atoms in total. The number of aryl methyl sites for hydroxylation is 2. The second-order valence-corrected chi connectivity index (χ2v) is 5.08. The van der Waals surface area contributed by atoms with Crippen molar-refractivity contribution in [3.63, 3.8) is 0 Å². The van der Waals surface area contributed by atoms with Gasteiger partial charge < -0.3 is 10.4 Å². The number of nitrogens with one attached hydrogen (secondary N) is 1. The number of rotatable bonds is 2. The first-order chi connectivity index (χ1) is 9.13. The van der Waals surface area contributed by atoms with Crippen molar-refractivity contribution in [1.82, 2.24) is 0 Å². The van der Waals surface area contributed by atoms with Crippen molar-refractivity contribution < 1.29 is 9.50 Å². The molecule has 98 valence electrons. The van der Waals surface area contributed by atoms with Crippen molar-refractivity contribution in [2.75, 3.05) is 5.32 Å². The minimum Gasteiger partial charge on any atom is -0.508 e. The van der Waals surface area contributed by atoms with Gasteiger partial charge in [0.05, 0.1) is 6.04 Å². The maximum atomic E-state index is 13.5. The Bertz CT molecular complexity index is 624. The predicted octanol–water partition coefficient (Wildman–Crippen LogP) is 3.94. The fourth-order valence-corrected chi connectivity index (χ4v) is 2.64. The molecule has 0 amide bonds. The summed E-state index contributed by atoms with van der Waals surface area (Å²) in [7, 11) is 0. The molecule has 1 atom stereocenters. The van der Waals surface area contributed by atoms with Gasteiger partial charge in [0.15, 0.2) is 0 Å². The second kappa shape index (κ2) is 4.57. The van der Waals surface area contributed by atoms with Crippen molar-refractivity contribution in [2.24, 2.45) is 0 Å². The summed E-state index contributed by atoms with van der Waals surface area (Å²) in [6, 6.07) is 10.9. The predicted molar refractivity (Wildman–Crippen MR) is 73.9 cm³/mol. The van der Waals surface area contributed by atoms with Crippen LogP contribution in [-0.4, -0.2) is 5.11 Å². The van der Waals surface area contributed by atoms with Crippen LogP contribution in [-0.2, 0) is 6.42 Å². The maximum absolute atomic E-state index is 13.5. The Morgan fingerprint density at radius 2 is 2.05 bits per heavy atom. The Hall–Kier alpha value is -2.03. The zero-order valence-corrected chi connectivity index (χ0v) is 10.8. The van der Waals surface area contributed by atoms with Gasteiger partial charge in [0.25, 0.3) is 0 Å². The molecule has 2 aromatic rings. The number of anilines is 1. The highest BCUT2D eigenvalue weighted by Crippen LogP contribution is 2.35. The molecule has 0 bridgehead atoms. The Morgan fingerprint density at radius 3 is 2.84 bits per heavy atom. The molecule has 0 aromatic heterocycles. The van der Waals surface area contributed by atoms with Gasteiger partial charge >= 0.3 is 0 Å². The average Bonchev–Trinajstić information content (AvgIpc) is 2.76. The van der Waals surface area contributed by atoms with Crippen LogP contribution in [0.3, 0.4) is 0 Å². The van der Waals surface area contributed by atoms with Crippen LogP contribution in [0.1, 0.15) is 29.2 Å². The van der Waals surface area contributed by atoms with Gasteiger partial charge in [0, 0.05) is 5.69 Å². The number of aromatic hydroxyl groups is 1. The van der Waals surface area contributed by atoms with Crippen LogP contribution >= 0.6 is 0 Å². The molecule has 1 unspecified atom stereocenters. The van der Waals surface area contributed by atoms with E-state index in [0.29, 0.717) is 11.3 Å².